The van der Waals surface area contributed by atoms with E-state index in [2.05, 4.69) is 10.2 Å². The van der Waals surface area contributed by atoms with E-state index in [1.807, 2.05) is 0 Å². The molecule has 1 heterocycles. The maximum absolute atomic E-state index is 14.9. The molecule has 3 N–H and O–H groups in total. The Morgan fingerprint density at radius 2 is 1.94 bits per heavy atom. The van der Waals surface area contributed by atoms with Crippen molar-refractivity contribution in [2.24, 2.45) is 5.73 Å². The van der Waals surface area contributed by atoms with Gasteiger partial charge < -0.3 is 10.2 Å². The Morgan fingerprint density at radius 3 is 2.52 bits per heavy atom. The van der Waals surface area contributed by atoms with Gasteiger partial charge >= 0.3 is 5.76 Å². The Bertz CT molecular complexity index is 1390. The van der Waals surface area contributed by atoms with Gasteiger partial charge in [0.2, 0.25) is 21.8 Å². The highest BCUT2D eigenvalue weighted by Gasteiger charge is 2.39. The van der Waals surface area contributed by atoms with E-state index in [0.29, 0.717) is 5.56 Å². The van der Waals surface area contributed by atoms with Crippen LogP contribution >= 0.6 is 11.6 Å². The SMILES string of the molecule is Cc1ccc(F)c(C(C)C(c2n[nH]c(=O)o2)N(C)S(=O)(=O)c2ccc(Cl)cc2C(N)=O)c1C. The number of sulfonamides is 1. The van der Waals surface area contributed by atoms with E-state index in [0.717, 1.165) is 22.0 Å². The number of likely N-dealkylation sites (N-methyl/N-ethyl adjacent to an activating group) is 1. The van der Waals surface area contributed by atoms with E-state index in [4.69, 9.17) is 21.8 Å². The van der Waals surface area contributed by atoms with Crippen molar-refractivity contribution in [3.8, 4) is 0 Å². The van der Waals surface area contributed by atoms with Crippen LogP contribution in [0.25, 0.3) is 0 Å². The third-order valence-electron chi connectivity index (χ3n) is 5.62. The molecule has 3 aromatic rings. The summed E-state index contributed by atoms with van der Waals surface area (Å²) in [6.07, 6.45) is 0. The molecule has 9 nitrogen and oxygen atoms in total. The van der Waals surface area contributed by atoms with Crippen molar-refractivity contribution >= 4 is 27.5 Å². The van der Waals surface area contributed by atoms with Gasteiger partial charge in [0.1, 0.15) is 11.9 Å². The minimum atomic E-state index is -4.42. The zero-order chi connectivity index (χ0) is 24.7. The van der Waals surface area contributed by atoms with Gasteiger partial charge in [-0.2, -0.15) is 4.31 Å². The molecule has 0 aliphatic heterocycles. The first-order valence-corrected chi connectivity index (χ1v) is 11.6. The number of nitrogens with zero attached hydrogens (tertiary/aromatic N) is 2. The average Bonchev–Trinajstić information content (AvgIpc) is 3.16. The predicted octanol–water partition coefficient (Wildman–Crippen LogP) is 3.04. The van der Waals surface area contributed by atoms with Crippen LogP contribution in [0.4, 0.5) is 4.39 Å². The number of rotatable bonds is 7. The lowest BCUT2D eigenvalue weighted by atomic mass is 9.87. The lowest BCUT2D eigenvalue weighted by Gasteiger charge is -2.31. The minimum Gasteiger partial charge on any atom is -0.391 e. The number of nitrogens with two attached hydrogens (primary N) is 1. The molecule has 0 spiro atoms. The van der Waals surface area contributed by atoms with E-state index < -0.39 is 44.4 Å². The lowest BCUT2D eigenvalue weighted by molar-refractivity contribution is 0.0997. The molecule has 1 amide bonds. The number of aromatic nitrogens is 2. The topological polar surface area (TPSA) is 139 Å². The van der Waals surface area contributed by atoms with Crippen LogP contribution in [0, 0.1) is 19.7 Å². The highest BCUT2D eigenvalue weighted by atomic mass is 35.5. The summed E-state index contributed by atoms with van der Waals surface area (Å²) in [7, 11) is -3.21. The molecule has 2 unspecified atom stereocenters. The van der Waals surface area contributed by atoms with Gasteiger partial charge in [0.15, 0.2) is 0 Å². The van der Waals surface area contributed by atoms with Gasteiger partial charge in [-0.15, -0.1) is 5.10 Å². The summed E-state index contributed by atoms with van der Waals surface area (Å²) in [5, 5.41) is 6.02. The van der Waals surface area contributed by atoms with Crippen LogP contribution in [0.15, 0.2) is 44.4 Å². The molecule has 12 heteroatoms. The monoisotopic (exact) mass is 496 g/mol. The Hall–Kier alpha value is -3.02. The van der Waals surface area contributed by atoms with Crippen molar-refractivity contribution in [1.29, 1.82) is 0 Å². The van der Waals surface area contributed by atoms with Crippen LogP contribution in [-0.2, 0) is 10.0 Å². The number of benzene rings is 2. The fraction of sp³-hybridized carbons (Fsp3) is 0.286. The minimum absolute atomic E-state index is 0.117. The maximum atomic E-state index is 14.9. The first-order valence-electron chi connectivity index (χ1n) is 9.74. The zero-order valence-corrected chi connectivity index (χ0v) is 19.8. The summed E-state index contributed by atoms with van der Waals surface area (Å²) in [6, 6.07) is 5.23. The number of amides is 1. The molecular formula is C21H22ClFN4O5S. The third kappa shape index (κ3) is 4.56. The van der Waals surface area contributed by atoms with E-state index in [9.17, 15) is 22.4 Å². The van der Waals surface area contributed by atoms with Gasteiger partial charge in [-0.25, -0.2) is 22.7 Å². The van der Waals surface area contributed by atoms with Crippen molar-refractivity contribution in [2.45, 2.75) is 37.6 Å². The van der Waals surface area contributed by atoms with Crippen LogP contribution < -0.4 is 11.5 Å². The molecule has 1 aromatic heterocycles. The predicted molar refractivity (Wildman–Crippen MR) is 119 cm³/mol. The third-order valence-corrected chi connectivity index (χ3v) is 7.76. The Kier molecular flexibility index (Phi) is 6.78. The second kappa shape index (κ2) is 9.08. The standard InChI is InChI=1S/C21H22ClFN4O5S/c1-10-5-7-15(23)17(11(10)2)12(3)18(20-25-26-21(29)32-20)27(4)33(30,31)16-8-6-13(22)9-14(16)19(24)28/h5-9,12,18H,1-4H3,(H2,24,28)(H,26,29). The van der Waals surface area contributed by atoms with Gasteiger partial charge in [0, 0.05) is 18.0 Å². The molecule has 0 aliphatic rings. The molecule has 2 atom stereocenters. The van der Waals surface area contributed by atoms with Crippen LogP contribution in [0.2, 0.25) is 5.02 Å². The molecule has 33 heavy (non-hydrogen) atoms. The van der Waals surface area contributed by atoms with Gasteiger partial charge in [0.05, 0.1) is 10.5 Å². The van der Waals surface area contributed by atoms with Crippen molar-refractivity contribution in [3.05, 3.63) is 79.9 Å². The molecule has 0 bridgehead atoms. The molecule has 0 saturated carbocycles. The number of aryl methyl sites for hydroxylation is 1. The van der Waals surface area contributed by atoms with Gasteiger partial charge in [0.25, 0.3) is 0 Å². The fourth-order valence-electron chi connectivity index (χ4n) is 3.80. The average molecular weight is 497 g/mol. The van der Waals surface area contributed by atoms with E-state index in [1.54, 1.807) is 26.8 Å². The number of nitrogens with one attached hydrogen (secondary N) is 1. The number of carbonyl (C=O) groups excluding carboxylic acids is 1. The molecule has 0 radical (unpaired) electrons. The molecule has 2 aromatic carbocycles. The highest BCUT2D eigenvalue weighted by molar-refractivity contribution is 7.89. The van der Waals surface area contributed by atoms with Crippen LogP contribution in [0.1, 0.15) is 51.8 Å². The summed E-state index contributed by atoms with van der Waals surface area (Å²) in [5.74, 6) is -3.57. The Balaban J connectivity index is 2.22. The molecular weight excluding hydrogens is 475 g/mol. The van der Waals surface area contributed by atoms with Gasteiger partial charge in [-0.05, 0) is 54.8 Å². The summed E-state index contributed by atoms with van der Waals surface area (Å²) in [6.45, 7) is 5.09. The lowest BCUT2D eigenvalue weighted by Crippen LogP contribution is -2.36. The summed E-state index contributed by atoms with van der Waals surface area (Å²) in [4.78, 5) is 23.2. The molecule has 176 valence electrons. The number of H-pyrrole nitrogens is 1. The molecule has 3 rings (SSSR count). The van der Waals surface area contributed by atoms with E-state index in [1.165, 1.54) is 19.2 Å². The van der Waals surface area contributed by atoms with Crippen LogP contribution in [-0.4, -0.2) is 35.9 Å². The number of aromatic amines is 1. The first kappa shape index (κ1) is 24.6. The molecule has 0 saturated heterocycles. The van der Waals surface area contributed by atoms with Gasteiger partial charge in [-0.3, -0.25) is 4.79 Å². The quantitative estimate of drug-likeness (QED) is 0.515. The van der Waals surface area contributed by atoms with Crippen molar-refractivity contribution < 1.29 is 22.0 Å². The normalized spacial score (nSPS) is 13.8. The van der Waals surface area contributed by atoms with Crippen molar-refractivity contribution in [3.63, 3.8) is 0 Å². The van der Waals surface area contributed by atoms with Crippen LogP contribution in [0.5, 0.6) is 0 Å². The summed E-state index contributed by atoms with van der Waals surface area (Å²) in [5.41, 5.74) is 6.69. The van der Waals surface area contributed by atoms with Crippen molar-refractivity contribution in [1.82, 2.24) is 14.5 Å². The van der Waals surface area contributed by atoms with Gasteiger partial charge in [-0.1, -0.05) is 24.6 Å². The maximum Gasteiger partial charge on any atom is 0.434 e. The number of hydrogen-bond donors (Lipinski definition) is 2. The smallest absolute Gasteiger partial charge is 0.391 e. The number of hydrogen-bond acceptors (Lipinski definition) is 6. The highest BCUT2D eigenvalue weighted by Crippen LogP contribution is 2.40. The van der Waals surface area contributed by atoms with E-state index in [-0.39, 0.29) is 22.0 Å². The second-order valence-electron chi connectivity index (χ2n) is 7.61. The number of carbonyl (C=O) groups is 1. The summed E-state index contributed by atoms with van der Waals surface area (Å²) < 4.78 is 48.0. The van der Waals surface area contributed by atoms with Crippen LogP contribution in [0.3, 0.4) is 0 Å². The Morgan fingerprint density at radius 1 is 1.27 bits per heavy atom. The molecule has 0 aliphatic carbocycles. The second-order valence-corrected chi connectivity index (χ2v) is 10.0. The summed E-state index contributed by atoms with van der Waals surface area (Å²) >= 11 is 5.91. The first-order chi connectivity index (χ1) is 15.4. The molecule has 0 fully saturated rings. The van der Waals surface area contributed by atoms with E-state index >= 15 is 0 Å². The largest absolute Gasteiger partial charge is 0.434 e. The Labute approximate surface area is 194 Å². The van der Waals surface area contributed by atoms with Crippen molar-refractivity contribution in [2.75, 3.05) is 7.05 Å². The number of primary amides is 1. The zero-order valence-electron chi connectivity index (χ0n) is 18.2. The number of halogens is 2. The fourth-order valence-corrected chi connectivity index (χ4v) is 5.53.